The Morgan fingerprint density at radius 1 is 1.00 bits per heavy atom. The van der Waals surface area contributed by atoms with E-state index in [-0.39, 0.29) is 0 Å². The molecule has 2 unspecified atom stereocenters. The molecule has 1 heteroatoms. The third kappa shape index (κ3) is 3.03. The first kappa shape index (κ1) is 14.3. The van der Waals surface area contributed by atoms with Crippen LogP contribution in [0.2, 0.25) is 0 Å². The topological polar surface area (TPSA) is 12.0 Å². The normalized spacial score (nSPS) is 21.0. The minimum atomic E-state index is 0.491. The van der Waals surface area contributed by atoms with Crippen LogP contribution in [-0.2, 0) is 0 Å². The van der Waals surface area contributed by atoms with Crippen LogP contribution in [0.3, 0.4) is 0 Å². The number of rotatable bonds is 5. The van der Waals surface area contributed by atoms with E-state index in [0.717, 1.165) is 12.5 Å². The fourth-order valence-electron chi connectivity index (χ4n) is 3.30. The molecule has 0 saturated heterocycles. The van der Waals surface area contributed by atoms with Crippen molar-refractivity contribution in [1.29, 1.82) is 0 Å². The average Bonchev–Trinajstić information content (AvgIpc) is 3.14. The van der Waals surface area contributed by atoms with Crippen LogP contribution in [-0.4, -0.2) is 6.54 Å². The molecule has 0 spiro atoms. The Morgan fingerprint density at radius 3 is 2.10 bits per heavy atom. The summed E-state index contributed by atoms with van der Waals surface area (Å²) in [5, 5.41) is 3.68. The summed E-state index contributed by atoms with van der Waals surface area (Å²) < 4.78 is 0. The van der Waals surface area contributed by atoms with Gasteiger partial charge in [-0.25, -0.2) is 0 Å². The van der Waals surface area contributed by atoms with Gasteiger partial charge in [-0.05, 0) is 41.0 Å². The highest BCUT2D eigenvalue weighted by Crippen LogP contribution is 2.57. The quantitative estimate of drug-likeness (QED) is 0.807. The first-order valence-corrected chi connectivity index (χ1v) is 8.00. The van der Waals surface area contributed by atoms with Gasteiger partial charge in [-0.1, -0.05) is 75.4 Å². The monoisotopic (exact) mass is 279 g/mol. The molecule has 1 nitrogen and oxygen atoms in total. The van der Waals surface area contributed by atoms with Crippen LogP contribution in [0.25, 0.3) is 11.1 Å². The molecule has 3 rings (SSSR count). The summed E-state index contributed by atoms with van der Waals surface area (Å²) in [6.07, 6.45) is 1.32. The van der Waals surface area contributed by atoms with Gasteiger partial charge in [0.15, 0.2) is 0 Å². The molecule has 0 aliphatic heterocycles. The van der Waals surface area contributed by atoms with Gasteiger partial charge in [0.1, 0.15) is 0 Å². The highest BCUT2D eigenvalue weighted by atomic mass is 14.9. The van der Waals surface area contributed by atoms with Gasteiger partial charge in [-0.15, -0.1) is 0 Å². The molecule has 0 aromatic heterocycles. The van der Waals surface area contributed by atoms with E-state index in [0.29, 0.717) is 11.5 Å². The third-order valence-electron chi connectivity index (χ3n) is 4.79. The van der Waals surface area contributed by atoms with Crippen molar-refractivity contribution in [3.05, 3.63) is 60.2 Å². The van der Waals surface area contributed by atoms with E-state index in [1.54, 1.807) is 0 Å². The Bertz CT molecular complexity index is 583. The molecule has 2 atom stereocenters. The van der Waals surface area contributed by atoms with Gasteiger partial charge in [0.2, 0.25) is 0 Å². The molecular formula is C20H25N. The lowest BCUT2D eigenvalue weighted by atomic mass is 9.95. The number of hydrogen-bond acceptors (Lipinski definition) is 1. The van der Waals surface area contributed by atoms with Crippen LogP contribution >= 0.6 is 0 Å². The van der Waals surface area contributed by atoms with Crippen molar-refractivity contribution in [2.24, 2.45) is 11.3 Å². The van der Waals surface area contributed by atoms with Crippen LogP contribution in [0.4, 0.5) is 0 Å². The molecule has 1 aliphatic carbocycles. The van der Waals surface area contributed by atoms with E-state index < -0.39 is 0 Å². The van der Waals surface area contributed by atoms with Crippen molar-refractivity contribution in [3.8, 4) is 11.1 Å². The summed E-state index contributed by atoms with van der Waals surface area (Å²) in [7, 11) is 0. The van der Waals surface area contributed by atoms with Crippen molar-refractivity contribution < 1.29 is 0 Å². The Balaban J connectivity index is 1.82. The second kappa shape index (κ2) is 5.65. The summed E-state index contributed by atoms with van der Waals surface area (Å²) in [6.45, 7) is 7.97. The standard InChI is InChI=1S/C20H25N/c1-4-21-19(18-14-20(18,2)3)17-12-10-16(11-13-17)15-8-6-5-7-9-15/h5-13,18-19,21H,4,14H2,1-3H3. The fraction of sp³-hybridized carbons (Fsp3) is 0.400. The van der Waals surface area contributed by atoms with E-state index in [1.807, 2.05) is 0 Å². The zero-order chi connectivity index (χ0) is 14.9. The molecule has 0 bridgehead atoms. The first-order valence-electron chi connectivity index (χ1n) is 8.00. The summed E-state index contributed by atoms with van der Waals surface area (Å²) in [6, 6.07) is 20.2. The van der Waals surface area contributed by atoms with E-state index in [4.69, 9.17) is 0 Å². The van der Waals surface area contributed by atoms with Crippen LogP contribution in [0.5, 0.6) is 0 Å². The lowest BCUT2D eigenvalue weighted by Gasteiger charge is -2.20. The van der Waals surface area contributed by atoms with Gasteiger partial charge in [0.25, 0.3) is 0 Å². The highest BCUT2D eigenvalue weighted by molar-refractivity contribution is 5.63. The van der Waals surface area contributed by atoms with Crippen LogP contribution < -0.4 is 5.32 Å². The van der Waals surface area contributed by atoms with Gasteiger partial charge in [0.05, 0.1) is 0 Å². The molecule has 2 aromatic rings. The predicted molar refractivity (Wildman–Crippen MR) is 90.2 cm³/mol. The molecule has 1 fully saturated rings. The smallest absolute Gasteiger partial charge is 0.0353 e. The zero-order valence-electron chi connectivity index (χ0n) is 13.3. The minimum Gasteiger partial charge on any atom is -0.310 e. The van der Waals surface area contributed by atoms with Crippen LogP contribution in [0.15, 0.2) is 54.6 Å². The Kier molecular flexibility index (Phi) is 3.86. The van der Waals surface area contributed by atoms with Gasteiger partial charge in [-0.2, -0.15) is 0 Å². The van der Waals surface area contributed by atoms with Crippen LogP contribution in [0, 0.1) is 11.3 Å². The molecule has 1 N–H and O–H groups in total. The molecule has 0 amide bonds. The molecule has 2 aromatic carbocycles. The SMILES string of the molecule is CCNC(c1ccc(-c2ccccc2)cc1)C1CC1(C)C. The number of hydrogen-bond donors (Lipinski definition) is 1. The Hall–Kier alpha value is -1.60. The highest BCUT2D eigenvalue weighted by Gasteiger charge is 2.50. The number of nitrogens with one attached hydrogen (secondary N) is 1. The maximum Gasteiger partial charge on any atom is 0.0353 e. The van der Waals surface area contributed by atoms with Gasteiger partial charge >= 0.3 is 0 Å². The van der Waals surface area contributed by atoms with Crippen molar-refractivity contribution in [2.75, 3.05) is 6.54 Å². The van der Waals surface area contributed by atoms with Crippen LogP contribution in [0.1, 0.15) is 38.8 Å². The van der Waals surface area contributed by atoms with E-state index in [1.165, 1.54) is 23.1 Å². The number of benzene rings is 2. The summed E-state index contributed by atoms with van der Waals surface area (Å²) >= 11 is 0. The fourth-order valence-corrected chi connectivity index (χ4v) is 3.30. The maximum absolute atomic E-state index is 3.68. The Labute approximate surface area is 128 Å². The second-order valence-electron chi connectivity index (χ2n) is 6.82. The molecule has 0 radical (unpaired) electrons. The largest absolute Gasteiger partial charge is 0.310 e. The summed E-state index contributed by atoms with van der Waals surface area (Å²) in [4.78, 5) is 0. The van der Waals surface area contributed by atoms with Gasteiger partial charge in [0, 0.05) is 6.04 Å². The lowest BCUT2D eigenvalue weighted by Crippen LogP contribution is -2.24. The van der Waals surface area contributed by atoms with Crippen molar-refractivity contribution >= 4 is 0 Å². The molecule has 21 heavy (non-hydrogen) atoms. The molecule has 1 saturated carbocycles. The minimum absolute atomic E-state index is 0.491. The van der Waals surface area contributed by atoms with Crippen molar-refractivity contribution in [1.82, 2.24) is 5.32 Å². The van der Waals surface area contributed by atoms with E-state index in [9.17, 15) is 0 Å². The van der Waals surface area contributed by atoms with E-state index in [2.05, 4.69) is 80.7 Å². The summed E-state index contributed by atoms with van der Waals surface area (Å²) in [5.74, 6) is 0.764. The summed E-state index contributed by atoms with van der Waals surface area (Å²) in [5.41, 5.74) is 4.50. The second-order valence-corrected chi connectivity index (χ2v) is 6.82. The average molecular weight is 279 g/mol. The van der Waals surface area contributed by atoms with E-state index >= 15 is 0 Å². The molecule has 1 aliphatic rings. The molecular weight excluding hydrogens is 254 g/mol. The zero-order valence-corrected chi connectivity index (χ0v) is 13.3. The predicted octanol–water partition coefficient (Wildman–Crippen LogP) is 5.05. The van der Waals surface area contributed by atoms with Crippen molar-refractivity contribution in [2.45, 2.75) is 33.2 Å². The van der Waals surface area contributed by atoms with Gasteiger partial charge in [-0.3, -0.25) is 0 Å². The first-order chi connectivity index (χ1) is 10.1. The Morgan fingerprint density at radius 2 is 1.57 bits per heavy atom. The molecule has 0 heterocycles. The lowest BCUT2D eigenvalue weighted by molar-refractivity contribution is 0.423. The van der Waals surface area contributed by atoms with Gasteiger partial charge < -0.3 is 5.32 Å². The third-order valence-corrected chi connectivity index (χ3v) is 4.79. The maximum atomic E-state index is 3.68. The van der Waals surface area contributed by atoms with Crippen molar-refractivity contribution in [3.63, 3.8) is 0 Å². The molecule has 110 valence electrons.